The highest BCUT2D eigenvalue weighted by molar-refractivity contribution is 14.1. The van der Waals surface area contributed by atoms with Gasteiger partial charge >= 0.3 is 0 Å². The second kappa shape index (κ2) is 8.75. The van der Waals surface area contributed by atoms with Crippen molar-refractivity contribution >= 4 is 22.6 Å². The third-order valence-corrected chi connectivity index (χ3v) is 3.79. The minimum atomic E-state index is 0.126. The molecule has 1 aromatic rings. The summed E-state index contributed by atoms with van der Waals surface area (Å²) in [5.74, 6) is 1.54. The molecule has 1 rings (SSSR count). The average molecular weight is 362 g/mol. The van der Waals surface area contributed by atoms with Crippen LogP contribution < -0.4 is 4.74 Å². The summed E-state index contributed by atoms with van der Waals surface area (Å²) in [5.41, 5.74) is 1.15. The van der Waals surface area contributed by atoms with Gasteiger partial charge in [0.15, 0.2) is 0 Å². The van der Waals surface area contributed by atoms with Gasteiger partial charge in [-0.15, -0.1) is 0 Å². The van der Waals surface area contributed by atoms with Crippen molar-refractivity contribution in [3.05, 3.63) is 29.8 Å². The zero-order chi connectivity index (χ0) is 13.4. The standard InChI is InChI=1S/C15H23IO2/c1-4-7-12(2)11-18-15(10-16)13-8-5-6-9-14(13)17-3/h5-6,8-9,12,15H,4,7,10-11H2,1-3H3. The third-order valence-electron chi connectivity index (χ3n) is 2.99. The molecule has 0 saturated heterocycles. The molecule has 18 heavy (non-hydrogen) atoms. The van der Waals surface area contributed by atoms with Crippen molar-refractivity contribution < 1.29 is 9.47 Å². The van der Waals surface area contributed by atoms with Crippen molar-refractivity contribution in [2.75, 3.05) is 18.1 Å². The fourth-order valence-corrected chi connectivity index (χ4v) is 2.74. The van der Waals surface area contributed by atoms with Gasteiger partial charge in [-0.3, -0.25) is 0 Å². The van der Waals surface area contributed by atoms with E-state index in [1.54, 1.807) is 7.11 Å². The summed E-state index contributed by atoms with van der Waals surface area (Å²) in [6.07, 6.45) is 2.56. The summed E-state index contributed by atoms with van der Waals surface area (Å²) in [4.78, 5) is 0. The van der Waals surface area contributed by atoms with Gasteiger partial charge < -0.3 is 9.47 Å². The number of para-hydroxylation sites is 1. The molecule has 0 bridgehead atoms. The molecule has 0 fully saturated rings. The molecule has 0 amide bonds. The van der Waals surface area contributed by atoms with Gasteiger partial charge in [-0.05, 0) is 18.4 Å². The van der Waals surface area contributed by atoms with Crippen LogP contribution in [0.15, 0.2) is 24.3 Å². The Labute approximate surface area is 124 Å². The molecule has 0 N–H and O–H groups in total. The number of halogens is 1. The summed E-state index contributed by atoms with van der Waals surface area (Å²) >= 11 is 2.37. The van der Waals surface area contributed by atoms with Crippen LogP contribution in [0.25, 0.3) is 0 Å². The number of benzene rings is 1. The average Bonchev–Trinajstić information content (AvgIpc) is 2.40. The second-order valence-corrected chi connectivity index (χ2v) is 5.49. The first-order valence-electron chi connectivity index (χ1n) is 6.53. The van der Waals surface area contributed by atoms with E-state index in [1.165, 1.54) is 12.8 Å². The largest absolute Gasteiger partial charge is 0.496 e. The van der Waals surface area contributed by atoms with Gasteiger partial charge in [0, 0.05) is 16.6 Å². The number of hydrogen-bond acceptors (Lipinski definition) is 2. The van der Waals surface area contributed by atoms with Crippen LogP contribution in [0.1, 0.15) is 38.4 Å². The molecule has 0 aliphatic carbocycles. The predicted molar refractivity (Wildman–Crippen MR) is 84.6 cm³/mol. The maximum absolute atomic E-state index is 6.05. The molecule has 0 aliphatic rings. The first-order valence-corrected chi connectivity index (χ1v) is 8.05. The lowest BCUT2D eigenvalue weighted by molar-refractivity contribution is 0.0445. The lowest BCUT2D eigenvalue weighted by Crippen LogP contribution is -2.13. The Bertz CT molecular complexity index is 341. The van der Waals surface area contributed by atoms with Crippen molar-refractivity contribution in [3.63, 3.8) is 0 Å². The Morgan fingerprint density at radius 2 is 2.00 bits per heavy atom. The van der Waals surface area contributed by atoms with E-state index >= 15 is 0 Å². The molecule has 2 unspecified atom stereocenters. The van der Waals surface area contributed by atoms with Gasteiger partial charge in [-0.25, -0.2) is 0 Å². The van der Waals surface area contributed by atoms with Gasteiger partial charge in [-0.2, -0.15) is 0 Å². The molecule has 1 aromatic carbocycles. The lowest BCUT2D eigenvalue weighted by Gasteiger charge is -2.20. The summed E-state index contributed by atoms with van der Waals surface area (Å²) in [6.45, 7) is 5.28. The van der Waals surface area contributed by atoms with Gasteiger partial charge in [0.05, 0.1) is 13.2 Å². The van der Waals surface area contributed by atoms with Gasteiger partial charge in [-0.1, -0.05) is 61.1 Å². The van der Waals surface area contributed by atoms with Crippen LogP contribution in [0.4, 0.5) is 0 Å². The monoisotopic (exact) mass is 362 g/mol. The van der Waals surface area contributed by atoms with E-state index in [4.69, 9.17) is 9.47 Å². The van der Waals surface area contributed by atoms with Crippen LogP contribution in [-0.4, -0.2) is 18.1 Å². The molecule has 2 atom stereocenters. The van der Waals surface area contributed by atoms with Crippen molar-refractivity contribution in [2.24, 2.45) is 5.92 Å². The smallest absolute Gasteiger partial charge is 0.124 e. The summed E-state index contributed by atoms with van der Waals surface area (Å²) in [7, 11) is 1.71. The Morgan fingerprint density at radius 3 is 2.61 bits per heavy atom. The fourth-order valence-electron chi connectivity index (χ4n) is 2.01. The number of methoxy groups -OCH3 is 1. The number of ether oxygens (including phenoxy) is 2. The van der Waals surface area contributed by atoms with E-state index < -0.39 is 0 Å². The molecule has 0 spiro atoms. The van der Waals surface area contributed by atoms with E-state index in [0.29, 0.717) is 5.92 Å². The molecule has 0 saturated carbocycles. The van der Waals surface area contributed by atoms with Crippen LogP contribution >= 0.6 is 22.6 Å². The quantitative estimate of drug-likeness (QED) is 0.496. The molecule has 2 nitrogen and oxygen atoms in total. The third kappa shape index (κ3) is 4.76. The van der Waals surface area contributed by atoms with Crippen LogP contribution in [-0.2, 0) is 4.74 Å². The second-order valence-electron chi connectivity index (χ2n) is 4.61. The highest BCUT2D eigenvalue weighted by atomic mass is 127. The van der Waals surface area contributed by atoms with E-state index in [0.717, 1.165) is 22.3 Å². The molecule has 0 heterocycles. The minimum absolute atomic E-state index is 0.126. The van der Waals surface area contributed by atoms with Crippen molar-refractivity contribution in [3.8, 4) is 5.75 Å². The van der Waals surface area contributed by atoms with Gasteiger partial charge in [0.2, 0.25) is 0 Å². The minimum Gasteiger partial charge on any atom is -0.496 e. The van der Waals surface area contributed by atoms with Crippen LogP contribution in [0, 0.1) is 5.92 Å². The first kappa shape index (κ1) is 15.8. The van der Waals surface area contributed by atoms with E-state index in [2.05, 4.69) is 42.5 Å². The normalized spacial score (nSPS) is 14.2. The summed E-state index contributed by atoms with van der Waals surface area (Å²) in [6, 6.07) is 8.11. The molecule has 0 radical (unpaired) electrons. The van der Waals surface area contributed by atoms with Crippen LogP contribution in [0.5, 0.6) is 5.75 Å². The maximum atomic E-state index is 6.05. The Hall–Kier alpha value is -0.290. The molecule has 0 aliphatic heterocycles. The molecular weight excluding hydrogens is 339 g/mol. The maximum Gasteiger partial charge on any atom is 0.124 e. The molecular formula is C15H23IO2. The van der Waals surface area contributed by atoms with E-state index in [9.17, 15) is 0 Å². The SMILES string of the molecule is CCCC(C)COC(CI)c1ccccc1OC. The highest BCUT2D eigenvalue weighted by Gasteiger charge is 2.16. The zero-order valence-electron chi connectivity index (χ0n) is 11.5. The highest BCUT2D eigenvalue weighted by Crippen LogP contribution is 2.29. The molecule has 0 aromatic heterocycles. The molecule has 3 heteroatoms. The van der Waals surface area contributed by atoms with Crippen LogP contribution in [0.3, 0.4) is 0 Å². The van der Waals surface area contributed by atoms with Crippen molar-refractivity contribution in [1.82, 2.24) is 0 Å². The summed E-state index contributed by atoms with van der Waals surface area (Å²) in [5, 5.41) is 0. The number of hydrogen-bond donors (Lipinski definition) is 0. The van der Waals surface area contributed by atoms with Crippen LogP contribution in [0.2, 0.25) is 0 Å². The Balaban J connectivity index is 2.65. The Kier molecular flexibility index (Phi) is 7.66. The zero-order valence-corrected chi connectivity index (χ0v) is 13.6. The number of rotatable bonds is 8. The topological polar surface area (TPSA) is 18.5 Å². The number of alkyl halides is 1. The van der Waals surface area contributed by atoms with E-state index in [-0.39, 0.29) is 6.10 Å². The fraction of sp³-hybridized carbons (Fsp3) is 0.600. The van der Waals surface area contributed by atoms with Crippen molar-refractivity contribution in [1.29, 1.82) is 0 Å². The molecule has 102 valence electrons. The van der Waals surface area contributed by atoms with E-state index in [1.807, 2.05) is 18.2 Å². The van der Waals surface area contributed by atoms with Gasteiger partial charge in [0.25, 0.3) is 0 Å². The van der Waals surface area contributed by atoms with Gasteiger partial charge in [0.1, 0.15) is 5.75 Å². The predicted octanol–water partition coefficient (Wildman–Crippen LogP) is 4.62. The lowest BCUT2D eigenvalue weighted by atomic mass is 10.1. The summed E-state index contributed by atoms with van der Waals surface area (Å²) < 4.78 is 12.4. The Morgan fingerprint density at radius 1 is 1.28 bits per heavy atom. The van der Waals surface area contributed by atoms with Crippen molar-refractivity contribution in [2.45, 2.75) is 32.8 Å². The first-order chi connectivity index (χ1) is 8.72.